The van der Waals surface area contributed by atoms with E-state index in [1.807, 2.05) is 26.2 Å². The monoisotopic (exact) mass is 343 g/mol. The van der Waals surface area contributed by atoms with Crippen molar-refractivity contribution >= 4 is 37.4 Å². The molecule has 1 aromatic carbocycles. The Morgan fingerprint density at radius 2 is 2.16 bits per heavy atom. The lowest BCUT2D eigenvalue weighted by Gasteiger charge is -2.15. The van der Waals surface area contributed by atoms with E-state index >= 15 is 0 Å². The smallest absolute Gasteiger partial charge is 0.103 e. The first-order valence-electron chi connectivity index (χ1n) is 6.15. The summed E-state index contributed by atoms with van der Waals surface area (Å²) in [4.78, 5) is 2.06. The van der Waals surface area contributed by atoms with Crippen molar-refractivity contribution in [1.29, 1.82) is 0 Å². The van der Waals surface area contributed by atoms with Gasteiger partial charge in [-0.15, -0.1) is 11.3 Å². The van der Waals surface area contributed by atoms with Crippen LogP contribution in [-0.2, 0) is 4.74 Å². The van der Waals surface area contributed by atoms with Crippen LogP contribution in [0.3, 0.4) is 0 Å². The van der Waals surface area contributed by atoms with Crippen molar-refractivity contribution in [3.8, 4) is 0 Å². The second kappa shape index (κ2) is 6.81. The van der Waals surface area contributed by atoms with Crippen molar-refractivity contribution in [2.45, 2.75) is 6.10 Å². The predicted octanol–water partition coefficient (Wildman–Crippen LogP) is 3.28. The summed E-state index contributed by atoms with van der Waals surface area (Å²) in [5.74, 6) is 0. The molecule has 2 aromatic rings. The maximum Gasteiger partial charge on any atom is 0.103 e. The quantitative estimate of drug-likeness (QED) is 0.817. The number of fused-ring (bicyclic) bond motifs is 1. The minimum absolute atomic E-state index is 0.322. The highest BCUT2D eigenvalue weighted by molar-refractivity contribution is 9.10. The molecule has 104 valence electrons. The van der Waals surface area contributed by atoms with Crippen LogP contribution in [0.5, 0.6) is 0 Å². The first-order valence-corrected chi connectivity index (χ1v) is 7.83. The average Bonchev–Trinajstić information content (AvgIpc) is 2.83. The number of hydrogen-bond donors (Lipinski definition) is 1. The fraction of sp³-hybridized carbons (Fsp3) is 0.429. The number of aliphatic hydroxyl groups excluding tert-OH is 1. The van der Waals surface area contributed by atoms with Gasteiger partial charge < -0.3 is 14.7 Å². The Bertz CT molecular complexity index is 541. The summed E-state index contributed by atoms with van der Waals surface area (Å²) in [7, 11) is 4.00. The Morgan fingerprint density at radius 1 is 1.37 bits per heavy atom. The zero-order valence-electron chi connectivity index (χ0n) is 11.1. The summed E-state index contributed by atoms with van der Waals surface area (Å²) < 4.78 is 7.69. The van der Waals surface area contributed by atoms with Gasteiger partial charge in [0.2, 0.25) is 0 Å². The number of aliphatic hydroxyl groups is 1. The molecule has 0 spiro atoms. The lowest BCUT2D eigenvalue weighted by atomic mass is 10.1. The van der Waals surface area contributed by atoms with Gasteiger partial charge in [-0.05, 0) is 53.1 Å². The Kier molecular flexibility index (Phi) is 5.36. The topological polar surface area (TPSA) is 32.7 Å². The van der Waals surface area contributed by atoms with Crippen LogP contribution in [0.4, 0.5) is 0 Å². The lowest BCUT2D eigenvalue weighted by molar-refractivity contribution is 0.0304. The second-order valence-electron chi connectivity index (χ2n) is 4.70. The largest absolute Gasteiger partial charge is 0.386 e. The van der Waals surface area contributed by atoms with Gasteiger partial charge in [0.15, 0.2) is 0 Å². The zero-order chi connectivity index (χ0) is 13.8. The summed E-state index contributed by atoms with van der Waals surface area (Å²) in [6, 6.07) is 6.07. The van der Waals surface area contributed by atoms with Gasteiger partial charge in [0.25, 0.3) is 0 Å². The summed E-state index contributed by atoms with van der Waals surface area (Å²) in [6.07, 6.45) is -0.596. The molecule has 1 unspecified atom stereocenters. The van der Waals surface area contributed by atoms with Crippen molar-refractivity contribution in [2.24, 2.45) is 0 Å². The molecule has 5 heteroatoms. The minimum Gasteiger partial charge on any atom is -0.386 e. The van der Waals surface area contributed by atoms with Crippen molar-refractivity contribution in [3.05, 3.63) is 33.6 Å². The van der Waals surface area contributed by atoms with E-state index in [4.69, 9.17) is 4.74 Å². The molecular formula is C14H18BrNO2S. The van der Waals surface area contributed by atoms with Crippen molar-refractivity contribution in [2.75, 3.05) is 33.9 Å². The molecule has 0 saturated heterocycles. The summed E-state index contributed by atoms with van der Waals surface area (Å²) in [5, 5.41) is 13.4. The van der Waals surface area contributed by atoms with Crippen LogP contribution < -0.4 is 0 Å². The molecule has 0 aliphatic carbocycles. The Balaban J connectivity index is 2.00. The Hall–Kier alpha value is -0.460. The highest BCUT2D eigenvalue weighted by Gasteiger charge is 2.14. The van der Waals surface area contributed by atoms with Crippen LogP contribution in [0.15, 0.2) is 28.1 Å². The van der Waals surface area contributed by atoms with Crippen LogP contribution in [0.1, 0.15) is 11.7 Å². The molecule has 0 fully saturated rings. The normalized spacial score (nSPS) is 13.3. The van der Waals surface area contributed by atoms with Crippen LogP contribution in [0.25, 0.3) is 10.1 Å². The fourth-order valence-corrected chi connectivity index (χ4v) is 3.48. The van der Waals surface area contributed by atoms with Crippen molar-refractivity contribution in [1.82, 2.24) is 4.90 Å². The average molecular weight is 344 g/mol. The number of benzene rings is 1. The van der Waals surface area contributed by atoms with E-state index in [0.29, 0.717) is 13.2 Å². The van der Waals surface area contributed by atoms with E-state index in [1.54, 1.807) is 11.3 Å². The number of halogens is 1. The Morgan fingerprint density at radius 3 is 2.89 bits per heavy atom. The van der Waals surface area contributed by atoms with Crippen LogP contribution in [0.2, 0.25) is 0 Å². The van der Waals surface area contributed by atoms with E-state index < -0.39 is 6.10 Å². The molecule has 1 heterocycles. The number of nitrogens with zero attached hydrogens (tertiary/aromatic N) is 1. The second-order valence-corrected chi connectivity index (χ2v) is 6.44. The number of likely N-dealkylation sites (N-methyl/N-ethyl adjacent to an activating group) is 1. The molecule has 0 radical (unpaired) electrons. The summed E-state index contributed by atoms with van der Waals surface area (Å²) >= 11 is 5.27. The third kappa shape index (κ3) is 3.77. The van der Waals surface area contributed by atoms with Crippen LogP contribution >= 0.6 is 27.3 Å². The lowest BCUT2D eigenvalue weighted by Crippen LogP contribution is -2.19. The van der Waals surface area contributed by atoms with Gasteiger partial charge >= 0.3 is 0 Å². The maximum atomic E-state index is 10.2. The third-order valence-corrected chi connectivity index (χ3v) is 4.68. The number of rotatable bonds is 6. The molecule has 0 bridgehead atoms. The van der Waals surface area contributed by atoms with Crippen LogP contribution in [0, 0.1) is 0 Å². The fourth-order valence-electron chi connectivity index (χ4n) is 1.81. The number of ether oxygens (including phenoxy) is 1. The molecule has 0 aliphatic rings. The first kappa shape index (κ1) is 14.9. The van der Waals surface area contributed by atoms with Gasteiger partial charge in [0.05, 0.1) is 13.2 Å². The van der Waals surface area contributed by atoms with Crippen LogP contribution in [-0.4, -0.2) is 43.9 Å². The highest BCUT2D eigenvalue weighted by Crippen LogP contribution is 2.34. The molecule has 19 heavy (non-hydrogen) atoms. The summed E-state index contributed by atoms with van der Waals surface area (Å²) in [5.41, 5.74) is 0.885. The van der Waals surface area contributed by atoms with Crippen molar-refractivity contribution < 1.29 is 9.84 Å². The van der Waals surface area contributed by atoms with Gasteiger partial charge in [0.1, 0.15) is 6.10 Å². The highest BCUT2D eigenvalue weighted by atomic mass is 79.9. The van der Waals surface area contributed by atoms with E-state index in [-0.39, 0.29) is 0 Å². The van der Waals surface area contributed by atoms with Gasteiger partial charge in [-0.2, -0.15) is 0 Å². The molecule has 2 rings (SSSR count). The minimum atomic E-state index is -0.596. The van der Waals surface area contributed by atoms with Gasteiger partial charge in [-0.1, -0.05) is 6.07 Å². The molecule has 3 nitrogen and oxygen atoms in total. The summed E-state index contributed by atoms with van der Waals surface area (Å²) in [6.45, 7) is 1.81. The Labute approximate surface area is 125 Å². The maximum absolute atomic E-state index is 10.2. The molecule has 0 aliphatic heterocycles. The molecule has 1 aromatic heterocycles. The van der Waals surface area contributed by atoms with E-state index in [9.17, 15) is 5.11 Å². The van der Waals surface area contributed by atoms with Crippen molar-refractivity contribution in [3.63, 3.8) is 0 Å². The standard InChI is InChI=1S/C14H18BrNO2S/c1-16(2)6-7-18-9-12(17)10-3-4-13-11(14(10)15)5-8-19-13/h3-5,8,12,17H,6-7,9H2,1-2H3. The predicted molar refractivity (Wildman–Crippen MR) is 83.9 cm³/mol. The van der Waals surface area contributed by atoms with Gasteiger partial charge in [0, 0.05) is 21.1 Å². The van der Waals surface area contributed by atoms with E-state index in [2.05, 4.69) is 32.3 Å². The molecule has 0 saturated carbocycles. The molecule has 1 atom stereocenters. The third-order valence-electron chi connectivity index (χ3n) is 2.92. The van der Waals surface area contributed by atoms with Gasteiger partial charge in [-0.3, -0.25) is 0 Å². The SMILES string of the molecule is CN(C)CCOCC(O)c1ccc2sccc2c1Br. The number of thiophene rings is 1. The molecule has 1 N–H and O–H groups in total. The van der Waals surface area contributed by atoms with E-state index in [0.717, 1.165) is 22.0 Å². The van der Waals surface area contributed by atoms with E-state index in [1.165, 1.54) is 4.70 Å². The molecule has 0 amide bonds. The number of hydrogen-bond acceptors (Lipinski definition) is 4. The first-order chi connectivity index (χ1) is 9.09. The molecular weight excluding hydrogens is 326 g/mol. The zero-order valence-corrected chi connectivity index (χ0v) is 13.5. The van der Waals surface area contributed by atoms with Gasteiger partial charge in [-0.25, -0.2) is 0 Å².